The van der Waals surface area contributed by atoms with Crippen LogP contribution in [0, 0.1) is 0 Å². The molecule has 6 heteroatoms. The van der Waals surface area contributed by atoms with Crippen LogP contribution in [-0.4, -0.2) is 16.8 Å². The van der Waals surface area contributed by atoms with Gasteiger partial charge >= 0.3 is 0 Å². The maximum Gasteiger partial charge on any atom is 0.256 e. The fourth-order valence-corrected chi connectivity index (χ4v) is 2.83. The molecule has 118 valence electrons. The highest BCUT2D eigenvalue weighted by atomic mass is 35.5. The SMILES string of the molecule is CCc1cnccc1C(=O)Nc1cc2c(cc1Cl)NC(=O)CC2. The minimum atomic E-state index is -0.217. The van der Waals surface area contributed by atoms with Crippen LogP contribution in [-0.2, 0) is 17.6 Å². The Balaban J connectivity index is 1.88. The first-order chi connectivity index (χ1) is 11.1. The summed E-state index contributed by atoms with van der Waals surface area (Å²) in [6.45, 7) is 1.97. The van der Waals surface area contributed by atoms with Crippen molar-refractivity contribution in [3.63, 3.8) is 0 Å². The van der Waals surface area contributed by atoms with Crippen molar-refractivity contribution in [1.82, 2.24) is 4.98 Å². The van der Waals surface area contributed by atoms with E-state index in [1.165, 1.54) is 0 Å². The molecule has 2 amide bonds. The first-order valence-electron chi connectivity index (χ1n) is 7.45. The van der Waals surface area contributed by atoms with E-state index in [1.54, 1.807) is 24.5 Å². The number of rotatable bonds is 3. The van der Waals surface area contributed by atoms with E-state index in [4.69, 9.17) is 11.6 Å². The van der Waals surface area contributed by atoms with E-state index in [2.05, 4.69) is 15.6 Å². The Morgan fingerprint density at radius 3 is 3.00 bits per heavy atom. The predicted molar refractivity (Wildman–Crippen MR) is 90.0 cm³/mol. The highest BCUT2D eigenvalue weighted by molar-refractivity contribution is 6.34. The highest BCUT2D eigenvalue weighted by Gasteiger charge is 2.18. The van der Waals surface area contributed by atoms with Crippen molar-refractivity contribution in [2.75, 3.05) is 10.6 Å². The van der Waals surface area contributed by atoms with Crippen molar-refractivity contribution >= 4 is 34.8 Å². The Hall–Kier alpha value is -2.40. The average Bonchev–Trinajstić information content (AvgIpc) is 2.55. The Morgan fingerprint density at radius 1 is 1.39 bits per heavy atom. The third-order valence-electron chi connectivity index (χ3n) is 3.87. The molecule has 0 unspecified atom stereocenters. The molecule has 1 aliphatic rings. The molecular weight excluding hydrogens is 314 g/mol. The average molecular weight is 330 g/mol. The molecule has 1 aromatic heterocycles. The van der Waals surface area contributed by atoms with Crippen molar-refractivity contribution in [1.29, 1.82) is 0 Å². The Kier molecular flexibility index (Phi) is 4.30. The van der Waals surface area contributed by atoms with Crippen molar-refractivity contribution in [3.05, 3.63) is 52.3 Å². The van der Waals surface area contributed by atoms with Gasteiger partial charge in [-0.15, -0.1) is 0 Å². The molecule has 1 aromatic carbocycles. The van der Waals surface area contributed by atoms with Crippen LogP contribution in [0.25, 0.3) is 0 Å². The smallest absolute Gasteiger partial charge is 0.256 e. The molecule has 0 saturated heterocycles. The van der Waals surface area contributed by atoms with E-state index >= 15 is 0 Å². The van der Waals surface area contributed by atoms with Gasteiger partial charge in [0.05, 0.1) is 10.7 Å². The fraction of sp³-hybridized carbons (Fsp3) is 0.235. The topological polar surface area (TPSA) is 71.1 Å². The monoisotopic (exact) mass is 329 g/mol. The molecule has 0 bridgehead atoms. The largest absolute Gasteiger partial charge is 0.326 e. The maximum atomic E-state index is 12.5. The number of anilines is 2. The summed E-state index contributed by atoms with van der Waals surface area (Å²) in [6.07, 6.45) is 5.08. The second-order valence-electron chi connectivity index (χ2n) is 5.38. The number of hydrogen-bond acceptors (Lipinski definition) is 3. The quantitative estimate of drug-likeness (QED) is 0.906. The number of fused-ring (bicyclic) bond motifs is 1. The zero-order valence-electron chi connectivity index (χ0n) is 12.6. The Morgan fingerprint density at radius 2 is 2.22 bits per heavy atom. The minimum absolute atomic E-state index is 0.0188. The first-order valence-corrected chi connectivity index (χ1v) is 7.82. The summed E-state index contributed by atoms with van der Waals surface area (Å²) < 4.78 is 0. The van der Waals surface area contributed by atoms with Crippen molar-refractivity contribution in [3.8, 4) is 0 Å². The lowest BCUT2D eigenvalue weighted by molar-refractivity contribution is -0.116. The van der Waals surface area contributed by atoms with Crippen LogP contribution in [0.3, 0.4) is 0 Å². The molecule has 2 N–H and O–H groups in total. The number of carbonyl (C=O) groups excluding carboxylic acids is 2. The predicted octanol–water partition coefficient (Wildman–Crippen LogP) is 3.43. The van der Waals surface area contributed by atoms with Gasteiger partial charge in [0.2, 0.25) is 5.91 Å². The molecule has 0 saturated carbocycles. The third kappa shape index (κ3) is 3.19. The van der Waals surface area contributed by atoms with E-state index in [-0.39, 0.29) is 11.8 Å². The third-order valence-corrected chi connectivity index (χ3v) is 4.18. The lowest BCUT2D eigenvalue weighted by Gasteiger charge is -2.19. The van der Waals surface area contributed by atoms with Crippen LogP contribution in [0.2, 0.25) is 5.02 Å². The van der Waals surface area contributed by atoms with Crippen LogP contribution < -0.4 is 10.6 Å². The summed E-state index contributed by atoms with van der Waals surface area (Å²) in [5.41, 5.74) is 3.69. The highest BCUT2D eigenvalue weighted by Crippen LogP contribution is 2.32. The molecule has 3 rings (SSSR count). The van der Waals surface area contributed by atoms with Gasteiger partial charge in [-0.3, -0.25) is 14.6 Å². The minimum Gasteiger partial charge on any atom is -0.326 e. The number of nitrogens with zero attached hydrogens (tertiary/aromatic N) is 1. The molecule has 1 aliphatic heterocycles. The standard InChI is InChI=1S/C17H16ClN3O2/c1-2-10-9-19-6-5-12(10)17(23)21-15-7-11-3-4-16(22)20-14(11)8-13(15)18/h5-9H,2-4H2,1H3,(H,20,22)(H,21,23). The van der Waals surface area contributed by atoms with Gasteiger partial charge < -0.3 is 10.6 Å². The lowest BCUT2D eigenvalue weighted by atomic mass is 10.0. The molecule has 5 nitrogen and oxygen atoms in total. The number of halogens is 1. The van der Waals surface area contributed by atoms with Gasteiger partial charge in [0.1, 0.15) is 0 Å². The van der Waals surface area contributed by atoms with Crippen LogP contribution in [0.5, 0.6) is 0 Å². The van der Waals surface area contributed by atoms with Crippen LogP contribution in [0.1, 0.15) is 34.8 Å². The second-order valence-corrected chi connectivity index (χ2v) is 5.79. The van der Waals surface area contributed by atoms with E-state index in [9.17, 15) is 9.59 Å². The molecule has 0 spiro atoms. The van der Waals surface area contributed by atoms with Gasteiger partial charge in [-0.1, -0.05) is 18.5 Å². The maximum absolute atomic E-state index is 12.5. The molecule has 0 radical (unpaired) electrons. The molecule has 2 aromatic rings. The molecule has 2 heterocycles. The molecular formula is C17H16ClN3O2. The van der Waals surface area contributed by atoms with Gasteiger partial charge in [0, 0.05) is 30.1 Å². The van der Waals surface area contributed by atoms with Crippen LogP contribution in [0.4, 0.5) is 11.4 Å². The van der Waals surface area contributed by atoms with Crippen molar-refractivity contribution < 1.29 is 9.59 Å². The lowest BCUT2D eigenvalue weighted by Crippen LogP contribution is -2.20. The van der Waals surface area contributed by atoms with Crippen LogP contribution >= 0.6 is 11.6 Å². The number of amides is 2. The van der Waals surface area contributed by atoms with E-state index in [0.29, 0.717) is 34.8 Å². The zero-order chi connectivity index (χ0) is 16.4. The Labute approximate surface area is 139 Å². The molecule has 23 heavy (non-hydrogen) atoms. The number of aromatic nitrogens is 1. The number of benzene rings is 1. The van der Waals surface area contributed by atoms with Gasteiger partial charge in [0.25, 0.3) is 5.91 Å². The number of aryl methyl sites for hydroxylation is 2. The number of nitrogens with one attached hydrogen (secondary N) is 2. The number of pyridine rings is 1. The van der Waals surface area contributed by atoms with Gasteiger partial charge in [0.15, 0.2) is 0 Å². The van der Waals surface area contributed by atoms with Gasteiger partial charge in [-0.25, -0.2) is 0 Å². The van der Waals surface area contributed by atoms with E-state index in [0.717, 1.165) is 17.5 Å². The molecule has 0 aliphatic carbocycles. The number of carbonyl (C=O) groups is 2. The fourth-order valence-electron chi connectivity index (χ4n) is 2.62. The van der Waals surface area contributed by atoms with Crippen molar-refractivity contribution in [2.24, 2.45) is 0 Å². The zero-order valence-corrected chi connectivity index (χ0v) is 13.4. The molecule has 0 fully saturated rings. The molecule has 0 atom stereocenters. The summed E-state index contributed by atoms with van der Waals surface area (Å²) in [4.78, 5) is 28.0. The summed E-state index contributed by atoms with van der Waals surface area (Å²) in [6, 6.07) is 5.19. The summed E-state index contributed by atoms with van der Waals surface area (Å²) in [7, 11) is 0. The number of hydrogen-bond donors (Lipinski definition) is 2. The van der Waals surface area contributed by atoms with Gasteiger partial charge in [-0.05, 0) is 42.2 Å². The van der Waals surface area contributed by atoms with Gasteiger partial charge in [-0.2, -0.15) is 0 Å². The summed E-state index contributed by atoms with van der Waals surface area (Å²) >= 11 is 6.24. The van der Waals surface area contributed by atoms with E-state index < -0.39 is 0 Å². The summed E-state index contributed by atoms with van der Waals surface area (Å²) in [5.74, 6) is -0.235. The normalized spacial score (nSPS) is 13.2. The van der Waals surface area contributed by atoms with E-state index in [1.807, 2.05) is 13.0 Å². The second kappa shape index (κ2) is 6.38. The van der Waals surface area contributed by atoms with Crippen LogP contribution in [0.15, 0.2) is 30.6 Å². The first kappa shape index (κ1) is 15.5. The summed E-state index contributed by atoms with van der Waals surface area (Å²) in [5, 5.41) is 6.03. The Bertz CT molecular complexity index is 789. The van der Waals surface area contributed by atoms with Crippen molar-refractivity contribution in [2.45, 2.75) is 26.2 Å².